The lowest BCUT2D eigenvalue weighted by molar-refractivity contribution is 0.0995. The molecule has 0 radical (unpaired) electrons. The molecule has 0 bridgehead atoms. The van der Waals surface area contributed by atoms with Crippen molar-refractivity contribution < 1.29 is 9.18 Å². The molecule has 2 rings (SSSR count). The van der Waals surface area contributed by atoms with Crippen molar-refractivity contribution in [2.75, 3.05) is 0 Å². The summed E-state index contributed by atoms with van der Waals surface area (Å²) in [6, 6.07) is 4.65. The number of benzene rings is 1. The second kappa shape index (κ2) is 4.94. The molecule has 0 saturated carbocycles. The molecule has 0 aliphatic carbocycles. The molecule has 0 amide bonds. The van der Waals surface area contributed by atoms with Gasteiger partial charge in [-0.05, 0) is 18.6 Å². The summed E-state index contributed by atoms with van der Waals surface area (Å²) in [5.74, 6) is -0.666. The van der Waals surface area contributed by atoms with Gasteiger partial charge in [-0.25, -0.2) is 9.37 Å². The van der Waals surface area contributed by atoms with Crippen LogP contribution in [0.5, 0.6) is 0 Å². The number of aryl methyl sites for hydroxylation is 1. The van der Waals surface area contributed by atoms with Crippen molar-refractivity contribution in [1.29, 1.82) is 0 Å². The van der Waals surface area contributed by atoms with Crippen LogP contribution in [-0.2, 0) is 6.42 Å². The highest BCUT2D eigenvalue weighted by Crippen LogP contribution is 2.20. The zero-order valence-electron chi connectivity index (χ0n) is 9.04. The molecule has 0 spiro atoms. The third-order valence-corrected chi connectivity index (χ3v) is 3.52. The molecular weight excluding hydrogens is 261 g/mol. The van der Waals surface area contributed by atoms with Gasteiger partial charge in [0.2, 0.25) is 0 Å². The summed E-state index contributed by atoms with van der Waals surface area (Å²) in [6.07, 6.45) is 1.53. The molecule has 17 heavy (non-hydrogen) atoms. The van der Waals surface area contributed by atoms with E-state index in [1.807, 2.05) is 6.92 Å². The third-order valence-electron chi connectivity index (χ3n) is 2.28. The summed E-state index contributed by atoms with van der Waals surface area (Å²) in [6.45, 7) is 1.82. The lowest BCUT2D eigenvalue weighted by Crippen LogP contribution is -2.03. The van der Waals surface area contributed by atoms with Crippen LogP contribution in [0.15, 0.2) is 24.4 Å². The first kappa shape index (κ1) is 12.2. The number of halogens is 2. The van der Waals surface area contributed by atoms with Crippen molar-refractivity contribution in [2.45, 2.75) is 13.3 Å². The first-order valence-corrected chi connectivity index (χ1v) is 6.16. The van der Waals surface area contributed by atoms with E-state index in [0.717, 1.165) is 5.01 Å². The SMILES string of the molecule is Cc1ncc(C(=O)Cc2cccc(Cl)c2F)s1. The van der Waals surface area contributed by atoms with Crippen LogP contribution in [0.1, 0.15) is 20.2 Å². The van der Waals surface area contributed by atoms with E-state index in [1.54, 1.807) is 12.1 Å². The molecule has 0 atom stereocenters. The number of carbonyl (C=O) groups excluding carboxylic acids is 1. The van der Waals surface area contributed by atoms with Gasteiger partial charge in [0, 0.05) is 12.6 Å². The van der Waals surface area contributed by atoms with Gasteiger partial charge in [-0.3, -0.25) is 4.79 Å². The lowest BCUT2D eigenvalue weighted by Gasteiger charge is -2.02. The van der Waals surface area contributed by atoms with E-state index in [0.29, 0.717) is 10.4 Å². The van der Waals surface area contributed by atoms with E-state index in [9.17, 15) is 9.18 Å². The normalized spacial score (nSPS) is 10.5. The number of hydrogen-bond acceptors (Lipinski definition) is 3. The van der Waals surface area contributed by atoms with E-state index < -0.39 is 5.82 Å². The Balaban J connectivity index is 2.21. The number of aromatic nitrogens is 1. The van der Waals surface area contributed by atoms with Crippen molar-refractivity contribution in [1.82, 2.24) is 4.98 Å². The van der Waals surface area contributed by atoms with E-state index in [1.165, 1.54) is 23.6 Å². The van der Waals surface area contributed by atoms with Crippen LogP contribution >= 0.6 is 22.9 Å². The first-order valence-electron chi connectivity index (χ1n) is 4.96. The highest BCUT2D eigenvalue weighted by molar-refractivity contribution is 7.13. The number of carbonyl (C=O) groups is 1. The second-order valence-electron chi connectivity index (χ2n) is 3.56. The summed E-state index contributed by atoms with van der Waals surface area (Å²) in [5.41, 5.74) is 0.313. The van der Waals surface area contributed by atoms with Crippen LogP contribution in [0.4, 0.5) is 4.39 Å². The van der Waals surface area contributed by atoms with Crippen molar-refractivity contribution in [3.63, 3.8) is 0 Å². The molecule has 5 heteroatoms. The van der Waals surface area contributed by atoms with Crippen LogP contribution in [0, 0.1) is 12.7 Å². The maximum atomic E-state index is 13.6. The summed E-state index contributed by atoms with van der Waals surface area (Å²) < 4.78 is 13.6. The maximum absolute atomic E-state index is 13.6. The smallest absolute Gasteiger partial charge is 0.178 e. The van der Waals surface area contributed by atoms with Crippen LogP contribution < -0.4 is 0 Å². The topological polar surface area (TPSA) is 30.0 Å². The van der Waals surface area contributed by atoms with E-state index in [-0.39, 0.29) is 17.2 Å². The minimum atomic E-state index is -0.524. The van der Waals surface area contributed by atoms with Crippen LogP contribution in [0.25, 0.3) is 0 Å². The fourth-order valence-electron chi connectivity index (χ4n) is 1.44. The van der Waals surface area contributed by atoms with Gasteiger partial charge in [-0.1, -0.05) is 23.7 Å². The van der Waals surface area contributed by atoms with Crippen LogP contribution in [0.2, 0.25) is 5.02 Å². The Hall–Kier alpha value is -1.26. The predicted molar refractivity (Wildman–Crippen MR) is 66.3 cm³/mol. The molecule has 1 aromatic carbocycles. The zero-order chi connectivity index (χ0) is 12.4. The van der Waals surface area contributed by atoms with Gasteiger partial charge in [-0.2, -0.15) is 0 Å². The third kappa shape index (κ3) is 2.70. The Morgan fingerprint density at radius 1 is 1.53 bits per heavy atom. The number of Topliss-reactive ketones (excluding diaryl/α,β-unsaturated/α-hetero) is 1. The highest BCUT2D eigenvalue weighted by atomic mass is 35.5. The Morgan fingerprint density at radius 3 is 2.94 bits per heavy atom. The number of nitrogens with zero attached hydrogens (tertiary/aromatic N) is 1. The molecule has 88 valence electrons. The molecule has 0 saturated heterocycles. The molecule has 0 N–H and O–H groups in total. The average molecular weight is 270 g/mol. The maximum Gasteiger partial charge on any atom is 0.178 e. The van der Waals surface area contributed by atoms with Crippen molar-refractivity contribution >= 4 is 28.7 Å². The molecule has 0 unspecified atom stereocenters. The largest absolute Gasteiger partial charge is 0.293 e. The highest BCUT2D eigenvalue weighted by Gasteiger charge is 2.14. The molecule has 1 aromatic heterocycles. The molecular formula is C12H9ClFNOS. The lowest BCUT2D eigenvalue weighted by atomic mass is 10.1. The molecule has 2 aromatic rings. The summed E-state index contributed by atoms with van der Waals surface area (Å²) in [5, 5.41) is 0.857. The molecule has 0 fully saturated rings. The number of thiazole rings is 1. The van der Waals surface area contributed by atoms with Crippen LogP contribution in [0.3, 0.4) is 0 Å². The van der Waals surface area contributed by atoms with Crippen molar-refractivity contribution in [3.8, 4) is 0 Å². The average Bonchev–Trinajstić information content (AvgIpc) is 2.72. The van der Waals surface area contributed by atoms with Gasteiger partial charge in [0.1, 0.15) is 5.82 Å². The summed E-state index contributed by atoms with van der Waals surface area (Å²) in [7, 11) is 0. The monoisotopic (exact) mass is 269 g/mol. The number of hydrogen-bond donors (Lipinski definition) is 0. The molecule has 2 nitrogen and oxygen atoms in total. The Bertz CT molecular complexity index is 567. The van der Waals surface area contributed by atoms with Crippen LogP contribution in [-0.4, -0.2) is 10.8 Å². The fourth-order valence-corrected chi connectivity index (χ4v) is 2.34. The summed E-state index contributed by atoms with van der Waals surface area (Å²) in [4.78, 5) is 16.4. The zero-order valence-corrected chi connectivity index (χ0v) is 10.6. The van der Waals surface area contributed by atoms with Gasteiger partial charge in [0.25, 0.3) is 0 Å². The minimum absolute atomic E-state index is 0.00796. The van der Waals surface area contributed by atoms with E-state index >= 15 is 0 Å². The summed E-state index contributed by atoms with van der Waals surface area (Å²) >= 11 is 6.96. The van der Waals surface area contributed by atoms with Gasteiger partial charge in [0.05, 0.1) is 14.9 Å². The first-order chi connectivity index (χ1) is 8.08. The molecule has 0 aliphatic heterocycles. The molecule has 1 heterocycles. The van der Waals surface area contributed by atoms with Gasteiger partial charge < -0.3 is 0 Å². The van der Waals surface area contributed by atoms with Crippen molar-refractivity contribution in [2.24, 2.45) is 0 Å². The standard InChI is InChI=1S/C12H9ClFNOS/c1-7-15-6-11(17-7)10(16)5-8-3-2-4-9(13)12(8)14/h2-4,6H,5H2,1H3. The number of rotatable bonds is 3. The Kier molecular flexibility index (Phi) is 3.54. The van der Waals surface area contributed by atoms with E-state index in [4.69, 9.17) is 11.6 Å². The second-order valence-corrected chi connectivity index (χ2v) is 5.20. The Labute approximate surface area is 107 Å². The van der Waals surface area contributed by atoms with Gasteiger partial charge in [0.15, 0.2) is 5.78 Å². The fraction of sp³-hybridized carbons (Fsp3) is 0.167. The minimum Gasteiger partial charge on any atom is -0.293 e. The van der Waals surface area contributed by atoms with Crippen molar-refractivity contribution in [3.05, 3.63) is 50.7 Å². The Morgan fingerprint density at radius 2 is 2.29 bits per heavy atom. The predicted octanol–water partition coefficient (Wildman–Crippen LogP) is 3.67. The van der Waals surface area contributed by atoms with Gasteiger partial charge in [-0.15, -0.1) is 11.3 Å². The quantitative estimate of drug-likeness (QED) is 0.796. The van der Waals surface area contributed by atoms with E-state index in [2.05, 4.69) is 4.98 Å². The number of ketones is 1. The van der Waals surface area contributed by atoms with Gasteiger partial charge >= 0.3 is 0 Å². The molecule has 0 aliphatic rings.